The van der Waals surface area contributed by atoms with Crippen molar-refractivity contribution in [2.75, 3.05) is 19.8 Å². The summed E-state index contributed by atoms with van der Waals surface area (Å²) in [4.78, 5) is 26.5. The Morgan fingerprint density at radius 3 is 2.37 bits per heavy atom. The van der Waals surface area contributed by atoms with Crippen LogP contribution in [0.2, 0.25) is 0 Å². The van der Waals surface area contributed by atoms with Crippen molar-refractivity contribution in [1.29, 1.82) is 0 Å². The van der Waals surface area contributed by atoms with Gasteiger partial charge in [-0.3, -0.25) is 0 Å². The number of aryl methyl sites for hydroxylation is 1. The molecule has 0 amide bonds. The van der Waals surface area contributed by atoms with Gasteiger partial charge in [-0.2, -0.15) is 0 Å². The number of hydrogen-bond acceptors (Lipinski definition) is 6. The van der Waals surface area contributed by atoms with E-state index in [1.54, 1.807) is 6.92 Å². The van der Waals surface area contributed by atoms with Crippen molar-refractivity contribution in [2.45, 2.75) is 71.0 Å². The van der Waals surface area contributed by atoms with Gasteiger partial charge in [0.1, 0.15) is 0 Å². The normalized spacial score (nSPS) is 25.2. The van der Waals surface area contributed by atoms with Crippen LogP contribution in [-0.4, -0.2) is 70.6 Å². The van der Waals surface area contributed by atoms with Gasteiger partial charge in [-0.15, -0.1) is 0 Å². The second-order valence-corrected chi connectivity index (χ2v) is 7.71. The summed E-state index contributed by atoms with van der Waals surface area (Å²) in [5.74, 6) is 0. The molecule has 4 atom stereocenters. The van der Waals surface area contributed by atoms with Crippen LogP contribution >= 0.6 is 0 Å². The van der Waals surface area contributed by atoms with E-state index in [0.29, 0.717) is 48.3 Å². The Bertz CT molecular complexity index is 691. The fourth-order valence-corrected chi connectivity index (χ4v) is 3.58. The van der Waals surface area contributed by atoms with E-state index in [9.17, 15) is 9.59 Å². The zero-order valence-corrected chi connectivity index (χ0v) is 19.6. The number of unbranched alkanes of at least 4 members (excludes halogenated alkanes) is 2. The van der Waals surface area contributed by atoms with Crippen LogP contribution in [0, 0.1) is 6.92 Å². The molecule has 1 fully saturated rings. The maximum atomic E-state index is 12.4. The molecule has 1 aromatic heterocycles. The molecule has 2 heterocycles. The Morgan fingerprint density at radius 1 is 1.15 bits per heavy atom. The van der Waals surface area contributed by atoms with Crippen LogP contribution in [0.4, 0.5) is 0 Å². The minimum absolute atomic E-state index is 0.326. The van der Waals surface area contributed by atoms with Gasteiger partial charge in [0.05, 0.1) is 0 Å². The van der Waals surface area contributed by atoms with Crippen LogP contribution in [0.3, 0.4) is 0 Å². The Kier molecular flexibility index (Phi) is 9.50. The molecule has 0 aliphatic carbocycles. The standard InChI is InChI=1S/C18H29N2O6.Sn.H/c1-4-6-8-24-14-13(11-21)26-17(15(14)25-9-7-5-2)20-10-12(3)16(22)19-18(20)23;;/h10,13-15,17H,4-9,11H2,1-3H3,(H,19,22,23);;/q-1;+1;/t13-,14-,15-,17-;;/m1../s1. The molecule has 1 aliphatic rings. The van der Waals surface area contributed by atoms with Crippen LogP contribution in [0.25, 0.3) is 0 Å². The first-order valence-corrected chi connectivity index (χ1v) is 10.9. The third kappa shape index (κ3) is 5.90. The number of aromatic nitrogens is 2. The summed E-state index contributed by atoms with van der Waals surface area (Å²) >= 11 is 0.649. The Labute approximate surface area is 173 Å². The number of nitrogens with one attached hydrogen (secondary N) is 1. The van der Waals surface area contributed by atoms with Gasteiger partial charge in [-0.25, -0.2) is 0 Å². The van der Waals surface area contributed by atoms with E-state index >= 15 is 0 Å². The SMILES string of the molecule is CCCCO[C@@H]1[C@H](OCCCC)[C@@H](C[O][SnH])O[C@H]1n1cc(C)c(=O)[nH]c1=O. The molecular formula is C18H30N2O6Sn. The predicted molar refractivity (Wildman–Crippen MR) is 102 cm³/mol. The molecule has 1 N–H and O–H groups in total. The minimum atomic E-state index is -0.669. The molecule has 0 bridgehead atoms. The summed E-state index contributed by atoms with van der Waals surface area (Å²) in [6.45, 7) is 7.40. The fourth-order valence-electron chi connectivity index (χ4n) is 3.04. The molecule has 0 aromatic carbocycles. The van der Waals surface area contributed by atoms with Crippen molar-refractivity contribution in [3.63, 3.8) is 0 Å². The second kappa shape index (κ2) is 11.4. The van der Waals surface area contributed by atoms with E-state index in [4.69, 9.17) is 17.3 Å². The molecule has 1 aromatic rings. The first kappa shape index (κ1) is 22.6. The average Bonchev–Trinajstić information content (AvgIpc) is 2.96. The molecular weight excluding hydrogens is 459 g/mol. The van der Waals surface area contributed by atoms with E-state index in [-0.39, 0.29) is 12.2 Å². The van der Waals surface area contributed by atoms with Crippen molar-refractivity contribution in [1.82, 2.24) is 9.55 Å². The van der Waals surface area contributed by atoms with Crippen molar-refractivity contribution < 1.29 is 17.3 Å². The van der Waals surface area contributed by atoms with Crippen LogP contribution in [-0.2, 0) is 17.3 Å². The van der Waals surface area contributed by atoms with Crippen molar-refractivity contribution in [3.05, 3.63) is 32.6 Å². The van der Waals surface area contributed by atoms with Gasteiger partial charge < -0.3 is 0 Å². The third-order valence-corrected chi connectivity index (χ3v) is 5.13. The molecule has 2 radical (unpaired) electrons. The quantitative estimate of drug-likeness (QED) is 0.368. The van der Waals surface area contributed by atoms with Crippen LogP contribution in [0.1, 0.15) is 51.3 Å². The number of nitrogens with zero attached hydrogens (tertiary/aromatic N) is 1. The monoisotopic (exact) mass is 490 g/mol. The van der Waals surface area contributed by atoms with Crippen molar-refractivity contribution in [3.8, 4) is 0 Å². The molecule has 1 saturated heterocycles. The molecule has 27 heavy (non-hydrogen) atoms. The van der Waals surface area contributed by atoms with Gasteiger partial charge >= 0.3 is 173 Å². The molecule has 2 rings (SSSR count). The Balaban J connectivity index is 2.33. The first-order valence-electron chi connectivity index (χ1n) is 9.55. The molecule has 152 valence electrons. The van der Waals surface area contributed by atoms with Crippen molar-refractivity contribution >= 4 is 22.9 Å². The van der Waals surface area contributed by atoms with E-state index in [1.807, 2.05) is 0 Å². The molecule has 0 saturated carbocycles. The Hall–Kier alpha value is -0.681. The summed E-state index contributed by atoms with van der Waals surface area (Å²) in [6, 6.07) is 0. The summed E-state index contributed by atoms with van der Waals surface area (Å²) in [7, 11) is 0. The zero-order valence-electron chi connectivity index (χ0n) is 16.3. The topological polar surface area (TPSA) is 91.8 Å². The van der Waals surface area contributed by atoms with Gasteiger partial charge in [-0.1, -0.05) is 0 Å². The molecule has 8 nitrogen and oxygen atoms in total. The zero-order chi connectivity index (χ0) is 19.8. The van der Waals surface area contributed by atoms with Crippen LogP contribution in [0.15, 0.2) is 15.8 Å². The average molecular weight is 489 g/mol. The molecule has 0 unspecified atom stereocenters. The van der Waals surface area contributed by atoms with E-state index in [2.05, 4.69) is 18.8 Å². The number of rotatable bonds is 11. The number of hydrogen-bond donors (Lipinski definition) is 1. The Morgan fingerprint density at radius 2 is 1.78 bits per heavy atom. The maximum absolute atomic E-state index is 12.4. The molecule has 9 heteroatoms. The predicted octanol–water partition coefficient (Wildman–Crippen LogP) is 0.945. The van der Waals surface area contributed by atoms with Gasteiger partial charge in [0.2, 0.25) is 0 Å². The first-order chi connectivity index (χ1) is 13.0. The van der Waals surface area contributed by atoms with E-state index in [0.717, 1.165) is 25.7 Å². The molecule has 0 spiro atoms. The summed E-state index contributed by atoms with van der Waals surface area (Å²) < 4.78 is 25.2. The summed E-state index contributed by atoms with van der Waals surface area (Å²) in [6.07, 6.45) is 3.63. The van der Waals surface area contributed by atoms with Gasteiger partial charge in [0, 0.05) is 0 Å². The number of aromatic amines is 1. The van der Waals surface area contributed by atoms with Crippen LogP contribution in [0.5, 0.6) is 0 Å². The van der Waals surface area contributed by atoms with E-state index < -0.39 is 23.6 Å². The van der Waals surface area contributed by atoms with E-state index in [1.165, 1.54) is 10.8 Å². The molecule has 1 aliphatic heterocycles. The third-order valence-electron chi connectivity index (χ3n) is 4.58. The number of ether oxygens (including phenoxy) is 3. The van der Waals surface area contributed by atoms with Gasteiger partial charge in [0.25, 0.3) is 0 Å². The van der Waals surface area contributed by atoms with Gasteiger partial charge in [0.15, 0.2) is 0 Å². The second-order valence-electron chi connectivity index (χ2n) is 6.76. The summed E-state index contributed by atoms with van der Waals surface area (Å²) in [5.41, 5.74) is -0.470. The van der Waals surface area contributed by atoms with Crippen molar-refractivity contribution in [2.24, 2.45) is 0 Å². The fraction of sp³-hybridized carbons (Fsp3) is 0.778. The van der Waals surface area contributed by atoms with Gasteiger partial charge in [-0.05, 0) is 0 Å². The van der Waals surface area contributed by atoms with Crippen LogP contribution < -0.4 is 11.2 Å². The summed E-state index contributed by atoms with van der Waals surface area (Å²) in [5, 5.41) is 0. The number of H-pyrrole nitrogens is 1.